The van der Waals surface area contributed by atoms with Gasteiger partial charge in [0, 0.05) is 6.55 Å². The molecule has 93 valence electrons. The number of benzene rings is 2. The molecule has 0 aromatic heterocycles. The predicted molar refractivity (Wildman–Crippen MR) is 75.2 cm³/mol. The molecule has 0 heterocycles. The summed E-state index contributed by atoms with van der Waals surface area (Å²) in [5, 5.41) is 0. The topological polar surface area (TPSA) is 18.5 Å². The maximum atomic E-state index is 5.88. The van der Waals surface area contributed by atoms with Gasteiger partial charge in [0.25, 0.3) is 0 Å². The second-order valence-corrected chi connectivity index (χ2v) is 5.62. The van der Waals surface area contributed by atoms with E-state index in [-0.39, 0.29) is 0 Å². The van der Waals surface area contributed by atoms with Gasteiger partial charge in [-0.1, -0.05) is 36.4 Å². The molecule has 0 spiro atoms. The minimum absolute atomic E-state index is 0.905. The fraction of sp³-hybridized carbons (Fsp3) is 0.200. The van der Waals surface area contributed by atoms with Crippen LogP contribution in [0.5, 0.6) is 11.5 Å². The van der Waals surface area contributed by atoms with Crippen LogP contribution in [0.3, 0.4) is 0 Å². The van der Waals surface area contributed by atoms with E-state index >= 15 is 0 Å². The van der Waals surface area contributed by atoms with Crippen LogP contribution in [-0.4, -0.2) is 9.28 Å². The fourth-order valence-electron chi connectivity index (χ4n) is 1.67. The van der Waals surface area contributed by atoms with Crippen molar-refractivity contribution in [2.24, 2.45) is 0 Å². The highest BCUT2D eigenvalue weighted by atomic mass is 28.3. The summed E-state index contributed by atoms with van der Waals surface area (Å²) in [5.41, 5.74) is 2.27. The first-order valence-electron chi connectivity index (χ1n) is 5.97. The van der Waals surface area contributed by atoms with Gasteiger partial charge in [-0.25, -0.2) is 0 Å². The average molecular weight is 257 g/mol. The summed E-state index contributed by atoms with van der Waals surface area (Å²) in [7, 11) is -1.34. The van der Waals surface area contributed by atoms with E-state index in [1.165, 1.54) is 0 Å². The highest BCUT2D eigenvalue weighted by molar-refractivity contribution is 6.44. The Morgan fingerprint density at radius 3 is 1.50 bits per heavy atom. The largest absolute Gasteiger partial charge is 0.528 e. The number of para-hydroxylation sites is 2. The molecule has 2 aromatic rings. The number of hydrogen-bond acceptors (Lipinski definition) is 2. The summed E-state index contributed by atoms with van der Waals surface area (Å²) in [4.78, 5) is 0. The van der Waals surface area contributed by atoms with E-state index in [2.05, 4.69) is 0 Å². The molecule has 1 radical (unpaired) electrons. The van der Waals surface area contributed by atoms with Gasteiger partial charge in [-0.05, 0) is 37.1 Å². The van der Waals surface area contributed by atoms with Gasteiger partial charge in [0.15, 0.2) is 0 Å². The van der Waals surface area contributed by atoms with Gasteiger partial charge in [0.1, 0.15) is 11.5 Å². The Kier molecular flexibility index (Phi) is 4.05. The van der Waals surface area contributed by atoms with E-state index in [0.29, 0.717) is 0 Å². The van der Waals surface area contributed by atoms with Gasteiger partial charge < -0.3 is 8.85 Å². The monoisotopic (exact) mass is 257 g/mol. The van der Waals surface area contributed by atoms with Gasteiger partial charge in [-0.15, -0.1) is 0 Å². The van der Waals surface area contributed by atoms with E-state index < -0.39 is 9.28 Å². The maximum Gasteiger partial charge on any atom is 0.528 e. The Bertz CT molecular complexity index is 478. The fourth-order valence-corrected chi connectivity index (χ4v) is 2.79. The van der Waals surface area contributed by atoms with Crippen molar-refractivity contribution in [2.75, 3.05) is 0 Å². The van der Waals surface area contributed by atoms with E-state index in [1.807, 2.05) is 68.9 Å². The Morgan fingerprint density at radius 2 is 1.11 bits per heavy atom. The molecule has 0 fully saturated rings. The SMILES string of the molecule is Cc1ccccc1O[Si](C)Oc1ccccc1C. The molecule has 0 atom stereocenters. The van der Waals surface area contributed by atoms with E-state index in [0.717, 1.165) is 22.6 Å². The lowest BCUT2D eigenvalue weighted by molar-refractivity contribution is 0.428. The molecule has 0 amide bonds. The number of hydrogen-bond donors (Lipinski definition) is 0. The van der Waals surface area contributed by atoms with Crippen LogP contribution in [0.2, 0.25) is 6.55 Å². The first-order chi connectivity index (χ1) is 8.66. The Hall–Kier alpha value is -1.74. The van der Waals surface area contributed by atoms with E-state index in [1.54, 1.807) is 0 Å². The molecule has 0 aliphatic rings. The first kappa shape index (κ1) is 12.7. The molecule has 0 unspecified atom stereocenters. The number of rotatable bonds is 4. The molecule has 18 heavy (non-hydrogen) atoms. The van der Waals surface area contributed by atoms with Gasteiger partial charge in [0.2, 0.25) is 0 Å². The zero-order chi connectivity index (χ0) is 13.0. The molecule has 0 aliphatic carbocycles. The van der Waals surface area contributed by atoms with Crippen molar-refractivity contribution in [1.82, 2.24) is 0 Å². The highest BCUT2D eigenvalue weighted by Gasteiger charge is 2.15. The van der Waals surface area contributed by atoms with Gasteiger partial charge >= 0.3 is 9.28 Å². The van der Waals surface area contributed by atoms with Crippen LogP contribution < -0.4 is 8.85 Å². The molecule has 0 aliphatic heterocycles. The minimum atomic E-state index is -1.34. The summed E-state index contributed by atoms with van der Waals surface area (Å²) in [6, 6.07) is 16.0. The van der Waals surface area contributed by atoms with Crippen LogP contribution in [0.4, 0.5) is 0 Å². The van der Waals surface area contributed by atoms with Crippen molar-refractivity contribution < 1.29 is 8.85 Å². The lowest BCUT2D eigenvalue weighted by Gasteiger charge is -2.16. The molecule has 0 N–H and O–H groups in total. The Morgan fingerprint density at radius 1 is 0.722 bits per heavy atom. The van der Waals surface area contributed by atoms with Crippen LogP contribution >= 0.6 is 0 Å². The summed E-state index contributed by atoms with van der Waals surface area (Å²) in [6.45, 7) is 6.08. The van der Waals surface area contributed by atoms with Gasteiger partial charge in [-0.2, -0.15) is 0 Å². The molecule has 0 saturated heterocycles. The summed E-state index contributed by atoms with van der Waals surface area (Å²) < 4.78 is 11.8. The van der Waals surface area contributed by atoms with Crippen molar-refractivity contribution >= 4 is 9.28 Å². The van der Waals surface area contributed by atoms with Crippen LogP contribution in [0.25, 0.3) is 0 Å². The zero-order valence-electron chi connectivity index (χ0n) is 10.9. The quantitative estimate of drug-likeness (QED) is 0.774. The van der Waals surface area contributed by atoms with Crippen LogP contribution in [0.15, 0.2) is 48.5 Å². The Labute approximate surface area is 110 Å². The van der Waals surface area contributed by atoms with Gasteiger partial charge in [0.05, 0.1) is 0 Å². The maximum absolute atomic E-state index is 5.88. The molecule has 0 saturated carbocycles. The van der Waals surface area contributed by atoms with Crippen LogP contribution in [0, 0.1) is 13.8 Å². The molecular weight excluding hydrogens is 240 g/mol. The first-order valence-corrected chi connectivity index (χ1v) is 7.79. The van der Waals surface area contributed by atoms with E-state index in [9.17, 15) is 0 Å². The average Bonchev–Trinajstić information content (AvgIpc) is 2.35. The second-order valence-electron chi connectivity index (χ2n) is 4.23. The minimum Gasteiger partial charge on any atom is -0.510 e. The third kappa shape index (κ3) is 3.14. The third-order valence-corrected chi connectivity index (χ3v) is 3.71. The second kappa shape index (κ2) is 5.73. The van der Waals surface area contributed by atoms with Crippen molar-refractivity contribution in [2.45, 2.75) is 20.4 Å². The lowest BCUT2D eigenvalue weighted by atomic mass is 10.2. The van der Waals surface area contributed by atoms with Crippen molar-refractivity contribution in [3.8, 4) is 11.5 Å². The molecular formula is C15H17O2Si. The summed E-state index contributed by atoms with van der Waals surface area (Å²) in [6.07, 6.45) is 0. The number of aryl methyl sites for hydroxylation is 2. The third-order valence-electron chi connectivity index (χ3n) is 2.69. The lowest BCUT2D eigenvalue weighted by Crippen LogP contribution is -2.26. The van der Waals surface area contributed by atoms with Gasteiger partial charge in [-0.3, -0.25) is 0 Å². The van der Waals surface area contributed by atoms with E-state index in [4.69, 9.17) is 8.85 Å². The predicted octanol–water partition coefficient (Wildman–Crippen LogP) is 3.88. The van der Waals surface area contributed by atoms with Crippen molar-refractivity contribution in [3.05, 3.63) is 59.7 Å². The normalized spacial score (nSPS) is 10.4. The van der Waals surface area contributed by atoms with Crippen molar-refractivity contribution in [3.63, 3.8) is 0 Å². The molecule has 3 heteroatoms. The highest BCUT2D eigenvalue weighted by Crippen LogP contribution is 2.20. The molecule has 2 nitrogen and oxygen atoms in total. The van der Waals surface area contributed by atoms with Crippen molar-refractivity contribution in [1.29, 1.82) is 0 Å². The van der Waals surface area contributed by atoms with Crippen LogP contribution in [-0.2, 0) is 0 Å². The zero-order valence-corrected chi connectivity index (χ0v) is 11.9. The molecule has 0 bridgehead atoms. The standard InChI is InChI=1S/C15H17O2Si/c1-12-8-4-6-10-14(12)16-18(3)17-15-11-7-5-9-13(15)2/h4-11H,1-3H3. The Balaban J connectivity index is 2.04. The summed E-state index contributed by atoms with van der Waals surface area (Å²) >= 11 is 0. The smallest absolute Gasteiger partial charge is 0.510 e. The molecule has 2 aromatic carbocycles. The summed E-state index contributed by atoms with van der Waals surface area (Å²) in [5.74, 6) is 1.81. The van der Waals surface area contributed by atoms with Crippen LogP contribution in [0.1, 0.15) is 11.1 Å². The molecule has 2 rings (SSSR count).